The molecule has 0 N–H and O–H groups in total. The van der Waals surface area contributed by atoms with Gasteiger partial charge in [-0.3, -0.25) is 9.69 Å². The van der Waals surface area contributed by atoms with Crippen molar-refractivity contribution >= 4 is 63.8 Å². The number of carboxylic acid groups (broad SMARTS) is 1. The maximum absolute atomic E-state index is 12.6. The lowest BCUT2D eigenvalue weighted by atomic mass is 10.2. The van der Waals surface area contributed by atoms with E-state index in [1.807, 2.05) is 0 Å². The van der Waals surface area contributed by atoms with E-state index in [-0.39, 0.29) is 11.5 Å². The number of hydrogen-bond donors (Lipinski definition) is 0. The zero-order chi connectivity index (χ0) is 20.4. The van der Waals surface area contributed by atoms with Crippen molar-refractivity contribution in [2.45, 2.75) is 0 Å². The number of carboxylic acids is 1. The minimum absolute atomic E-state index is 0.0537. The molecule has 0 saturated carbocycles. The molecule has 0 bridgehead atoms. The zero-order valence-electron chi connectivity index (χ0n) is 14.7. The monoisotopic (exact) mass is 435 g/mol. The second kappa shape index (κ2) is 8.26. The predicted octanol–water partition coefficient (Wildman–Crippen LogP) is 3.60. The molecule has 6 nitrogen and oxygen atoms in total. The molecule has 0 spiro atoms. The Labute approximate surface area is 175 Å². The Kier molecular flexibility index (Phi) is 5.98. The van der Waals surface area contributed by atoms with Crippen LogP contribution in [0.15, 0.2) is 46.3 Å². The predicted molar refractivity (Wildman–Crippen MR) is 109 cm³/mol. The second-order valence-electron chi connectivity index (χ2n) is 5.71. The van der Waals surface area contributed by atoms with E-state index in [9.17, 15) is 14.7 Å². The number of likely N-dealkylation sites (N-methyl/N-ethyl adjacent to an activating group) is 1. The fraction of sp³-hybridized carbons (Fsp3) is 0.105. The molecule has 0 atom stereocenters. The van der Waals surface area contributed by atoms with Gasteiger partial charge in [-0.25, -0.2) is 4.99 Å². The molecule has 1 aliphatic rings. The number of halogens is 2. The topological polar surface area (TPSA) is 82.0 Å². The van der Waals surface area contributed by atoms with Crippen LogP contribution in [0.1, 0.15) is 15.9 Å². The SMILES string of the molecule is COc1c(Cl)cc(Cl)cc1/C=C1\SC(=Nc2ccc(C(=O)[O-])cc2)N(C)C1=O. The summed E-state index contributed by atoms with van der Waals surface area (Å²) in [5.74, 6) is -1.09. The third kappa shape index (κ3) is 4.16. The summed E-state index contributed by atoms with van der Waals surface area (Å²) in [4.78, 5) is 29.6. The molecule has 0 radical (unpaired) electrons. The lowest BCUT2D eigenvalue weighted by Gasteiger charge is -2.08. The summed E-state index contributed by atoms with van der Waals surface area (Å²) in [6.07, 6.45) is 1.64. The number of rotatable bonds is 4. The van der Waals surface area contributed by atoms with E-state index in [1.165, 1.54) is 35.9 Å². The largest absolute Gasteiger partial charge is 0.545 e. The van der Waals surface area contributed by atoms with Crippen LogP contribution in [0.4, 0.5) is 5.69 Å². The fourth-order valence-electron chi connectivity index (χ4n) is 2.48. The summed E-state index contributed by atoms with van der Waals surface area (Å²) in [5.41, 5.74) is 1.14. The van der Waals surface area contributed by atoms with E-state index in [0.29, 0.717) is 37.1 Å². The van der Waals surface area contributed by atoms with Crippen LogP contribution in [0.25, 0.3) is 6.08 Å². The zero-order valence-corrected chi connectivity index (χ0v) is 17.1. The maximum Gasteiger partial charge on any atom is 0.266 e. The Hall–Kier alpha value is -2.48. The maximum atomic E-state index is 12.6. The summed E-state index contributed by atoms with van der Waals surface area (Å²) in [5, 5.41) is 12.0. The third-order valence-electron chi connectivity index (χ3n) is 3.86. The Morgan fingerprint density at radius 3 is 2.54 bits per heavy atom. The number of ether oxygens (including phenoxy) is 1. The van der Waals surface area contributed by atoms with E-state index in [2.05, 4.69) is 4.99 Å². The Morgan fingerprint density at radius 1 is 1.25 bits per heavy atom. The molecule has 2 aromatic rings. The number of carbonyl (C=O) groups excluding carboxylic acids is 2. The normalized spacial score (nSPS) is 16.9. The van der Waals surface area contributed by atoms with Crippen LogP contribution in [0, 0.1) is 0 Å². The van der Waals surface area contributed by atoms with Crippen LogP contribution in [0.5, 0.6) is 5.75 Å². The first kappa shape index (κ1) is 20.3. The third-order valence-corrected chi connectivity index (χ3v) is 5.42. The highest BCUT2D eigenvalue weighted by Crippen LogP contribution is 2.38. The van der Waals surface area contributed by atoms with Gasteiger partial charge in [-0.05, 0) is 47.7 Å². The van der Waals surface area contributed by atoms with Crippen molar-refractivity contribution in [1.29, 1.82) is 0 Å². The summed E-state index contributed by atoms with van der Waals surface area (Å²) in [6, 6.07) is 9.08. The molecule has 1 saturated heterocycles. The molecule has 1 amide bonds. The number of thioether (sulfide) groups is 1. The highest BCUT2D eigenvalue weighted by atomic mass is 35.5. The van der Waals surface area contributed by atoms with Gasteiger partial charge in [0, 0.05) is 17.6 Å². The van der Waals surface area contributed by atoms with Crippen LogP contribution in [-0.2, 0) is 4.79 Å². The van der Waals surface area contributed by atoms with Gasteiger partial charge in [0.15, 0.2) is 5.17 Å². The molecule has 2 aromatic carbocycles. The number of aliphatic imine (C=N–C) groups is 1. The lowest BCUT2D eigenvalue weighted by molar-refractivity contribution is -0.255. The number of aromatic carboxylic acids is 1. The molecular formula is C19H13Cl2N2O4S-. The highest BCUT2D eigenvalue weighted by Gasteiger charge is 2.30. The van der Waals surface area contributed by atoms with Crippen LogP contribution in [0.3, 0.4) is 0 Å². The lowest BCUT2D eigenvalue weighted by Crippen LogP contribution is -2.23. The van der Waals surface area contributed by atoms with Gasteiger partial charge >= 0.3 is 0 Å². The smallest absolute Gasteiger partial charge is 0.266 e. The number of nitrogens with zero attached hydrogens (tertiary/aromatic N) is 2. The van der Waals surface area contributed by atoms with Gasteiger partial charge in [0.2, 0.25) is 0 Å². The average Bonchev–Trinajstić information content (AvgIpc) is 2.90. The molecule has 0 aromatic heterocycles. The summed E-state index contributed by atoms with van der Waals surface area (Å²) in [7, 11) is 3.09. The van der Waals surface area contributed by atoms with Crippen LogP contribution in [-0.4, -0.2) is 36.1 Å². The second-order valence-corrected chi connectivity index (χ2v) is 7.57. The standard InChI is InChI=1S/C19H14Cl2N2O4S/c1-23-17(24)15(8-11-7-12(20)9-14(21)16(11)27-2)28-19(23)22-13-5-3-10(4-6-13)18(25)26/h3-9H,1-2H3,(H,25,26)/p-1/b15-8-,22-19?. The number of carbonyl (C=O) groups is 2. The van der Waals surface area contributed by atoms with E-state index in [4.69, 9.17) is 27.9 Å². The first-order valence-corrected chi connectivity index (χ1v) is 9.48. The van der Waals surface area contributed by atoms with Gasteiger partial charge in [0.25, 0.3) is 5.91 Å². The molecule has 1 fully saturated rings. The van der Waals surface area contributed by atoms with Gasteiger partial charge in [0.1, 0.15) is 5.75 Å². The van der Waals surface area contributed by atoms with E-state index < -0.39 is 5.97 Å². The van der Waals surface area contributed by atoms with Crippen molar-refractivity contribution in [2.75, 3.05) is 14.2 Å². The minimum atomic E-state index is -1.26. The molecule has 1 heterocycles. The van der Waals surface area contributed by atoms with Crippen molar-refractivity contribution in [1.82, 2.24) is 4.90 Å². The summed E-state index contributed by atoms with van der Waals surface area (Å²) in [6.45, 7) is 0. The summed E-state index contributed by atoms with van der Waals surface area (Å²) >= 11 is 13.4. The van der Waals surface area contributed by atoms with Crippen molar-refractivity contribution in [3.63, 3.8) is 0 Å². The van der Waals surface area contributed by atoms with Crippen molar-refractivity contribution in [2.24, 2.45) is 4.99 Å². The molecule has 144 valence electrons. The van der Waals surface area contributed by atoms with Crippen LogP contribution < -0.4 is 9.84 Å². The summed E-state index contributed by atoms with van der Waals surface area (Å²) < 4.78 is 5.30. The fourth-order valence-corrected chi connectivity index (χ4v) is 4.04. The van der Waals surface area contributed by atoms with Crippen molar-refractivity contribution in [3.05, 3.63) is 62.5 Å². The Bertz CT molecular complexity index is 1020. The number of methoxy groups -OCH3 is 1. The first-order valence-electron chi connectivity index (χ1n) is 7.91. The van der Waals surface area contributed by atoms with Crippen molar-refractivity contribution in [3.8, 4) is 5.75 Å². The number of amidine groups is 1. The number of benzene rings is 2. The quantitative estimate of drug-likeness (QED) is 0.685. The molecule has 3 rings (SSSR count). The highest BCUT2D eigenvalue weighted by molar-refractivity contribution is 8.18. The van der Waals surface area contributed by atoms with Crippen molar-refractivity contribution < 1.29 is 19.4 Å². The van der Waals surface area contributed by atoms with Gasteiger partial charge < -0.3 is 14.6 Å². The van der Waals surface area contributed by atoms with E-state index >= 15 is 0 Å². The van der Waals surface area contributed by atoms with E-state index in [1.54, 1.807) is 37.4 Å². The molecular weight excluding hydrogens is 423 g/mol. The molecule has 0 unspecified atom stereocenters. The van der Waals surface area contributed by atoms with Crippen LogP contribution in [0.2, 0.25) is 10.0 Å². The van der Waals surface area contributed by atoms with Gasteiger partial charge in [0.05, 0.1) is 28.7 Å². The Balaban J connectivity index is 1.93. The first-order chi connectivity index (χ1) is 13.3. The molecule has 28 heavy (non-hydrogen) atoms. The minimum Gasteiger partial charge on any atom is -0.545 e. The molecule has 0 aliphatic carbocycles. The van der Waals surface area contributed by atoms with Crippen LogP contribution >= 0.6 is 35.0 Å². The van der Waals surface area contributed by atoms with Gasteiger partial charge in [-0.1, -0.05) is 35.3 Å². The van der Waals surface area contributed by atoms with E-state index in [0.717, 1.165) is 0 Å². The molecule has 1 aliphatic heterocycles. The number of amides is 1. The average molecular weight is 436 g/mol. The number of hydrogen-bond acceptors (Lipinski definition) is 6. The Morgan fingerprint density at radius 2 is 1.93 bits per heavy atom. The molecule has 9 heteroatoms. The van der Waals surface area contributed by atoms with Gasteiger partial charge in [-0.2, -0.15) is 0 Å². The van der Waals surface area contributed by atoms with Gasteiger partial charge in [-0.15, -0.1) is 0 Å².